The summed E-state index contributed by atoms with van der Waals surface area (Å²) in [5.41, 5.74) is -0.653. The molecule has 1 aromatic rings. The minimum Gasteiger partial charge on any atom is -0.414 e. The zero-order chi connectivity index (χ0) is 22.9. The van der Waals surface area contributed by atoms with E-state index in [-0.39, 0.29) is 18.1 Å². The van der Waals surface area contributed by atoms with E-state index in [0.29, 0.717) is 5.56 Å². The summed E-state index contributed by atoms with van der Waals surface area (Å²) in [6.45, 7) is 16.0. The monoisotopic (exact) mass is 460 g/mol. The largest absolute Gasteiger partial charge is 0.414 e. The number of hydrogen-bond donors (Lipinski definition) is 1. The minimum absolute atomic E-state index is 0.00271. The van der Waals surface area contributed by atoms with E-state index in [0.717, 1.165) is 5.82 Å². The molecule has 0 aliphatic carbocycles. The molecular formula is C19H33N2O7PSi. The van der Waals surface area contributed by atoms with Crippen LogP contribution in [0.1, 0.15) is 39.0 Å². The lowest BCUT2D eigenvalue weighted by molar-refractivity contribution is -0.0406. The molecule has 1 fully saturated rings. The van der Waals surface area contributed by atoms with Crippen LogP contribution in [-0.4, -0.2) is 43.8 Å². The lowest BCUT2D eigenvalue weighted by Crippen LogP contribution is -2.44. The smallest absolute Gasteiger partial charge is 0.353 e. The van der Waals surface area contributed by atoms with E-state index in [1.54, 1.807) is 6.92 Å². The SMILES string of the molecule is C=CP(=O)(OC)O[C@H]1C[C@H](n2cc(C)c(=O)[nH]c2=O)O[C@@H]1CO[Si](C)(C)C(C)(C)C. The van der Waals surface area contributed by atoms with Gasteiger partial charge in [0.25, 0.3) is 5.56 Å². The first-order valence-electron chi connectivity index (χ1n) is 9.82. The molecule has 2 rings (SSSR count). The molecule has 170 valence electrons. The quantitative estimate of drug-likeness (QED) is 0.467. The fraction of sp³-hybridized carbons (Fsp3) is 0.684. The summed E-state index contributed by atoms with van der Waals surface area (Å²) in [6.07, 6.45) is -0.253. The Morgan fingerprint density at radius 1 is 1.40 bits per heavy atom. The molecule has 2 heterocycles. The minimum atomic E-state index is -3.52. The second-order valence-electron chi connectivity index (χ2n) is 8.96. The third-order valence-corrected chi connectivity index (χ3v) is 11.8. The van der Waals surface area contributed by atoms with E-state index in [2.05, 4.69) is 45.4 Å². The molecule has 4 atom stereocenters. The third-order valence-electron chi connectivity index (χ3n) is 5.81. The normalized spacial score (nSPS) is 24.6. The van der Waals surface area contributed by atoms with Crippen LogP contribution in [0.3, 0.4) is 0 Å². The Labute approximate surface area is 178 Å². The van der Waals surface area contributed by atoms with Crippen LogP contribution in [0, 0.1) is 6.92 Å². The van der Waals surface area contributed by atoms with Gasteiger partial charge in [0.2, 0.25) is 0 Å². The number of aromatic amines is 1. The van der Waals surface area contributed by atoms with Crippen molar-refractivity contribution in [1.29, 1.82) is 0 Å². The number of hydrogen-bond acceptors (Lipinski definition) is 7. The molecule has 0 spiro atoms. The van der Waals surface area contributed by atoms with E-state index in [4.69, 9.17) is 18.2 Å². The van der Waals surface area contributed by atoms with Gasteiger partial charge in [-0.05, 0) is 25.1 Å². The van der Waals surface area contributed by atoms with Crippen LogP contribution < -0.4 is 11.2 Å². The van der Waals surface area contributed by atoms with E-state index in [1.165, 1.54) is 17.9 Å². The number of aryl methyl sites for hydroxylation is 1. The highest BCUT2D eigenvalue weighted by atomic mass is 31.2. The first kappa shape index (κ1) is 25.0. The fourth-order valence-corrected chi connectivity index (χ4v) is 4.72. The van der Waals surface area contributed by atoms with E-state index in [9.17, 15) is 14.2 Å². The van der Waals surface area contributed by atoms with Crippen molar-refractivity contribution in [2.45, 2.75) is 70.7 Å². The van der Waals surface area contributed by atoms with Crippen LogP contribution in [0.5, 0.6) is 0 Å². The molecule has 1 unspecified atom stereocenters. The number of rotatable bonds is 8. The molecule has 9 nitrogen and oxygen atoms in total. The van der Waals surface area contributed by atoms with Gasteiger partial charge < -0.3 is 13.7 Å². The van der Waals surface area contributed by atoms with Crippen molar-refractivity contribution in [3.05, 3.63) is 45.0 Å². The maximum atomic E-state index is 12.7. The lowest BCUT2D eigenvalue weighted by Gasteiger charge is -2.37. The number of ether oxygens (including phenoxy) is 1. The van der Waals surface area contributed by atoms with Gasteiger partial charge in [0.15, 0.2) is 8.32 Å². The molecule has 30 heavy (non-hydrogen) atoms. The van der Waals surface area contributed by atoms with Crippen molar-refractivity contribution in [3.63, 3.8) is 0 Å². The maximum Gasteiger partial charge on any atom is 0.353 e. The van der Waals surface area contributed by atoms with E-state index >= 15 is 0 Å². The average molecular weight is 461 g/mol. The standard InChI is InChI=1S/C19H33N2O7PSi/c1-9-29(24,25-6)28-14-10-16(21-11-13(2)17(22)20-18(21)23)27-15(14)12-26-30(7,8)19(3,4)5/h9,11,14-16H,1,10,12H2,2-8H3,(H,20,22,23)/t14-,15+,16+,29?/m0/s1. The Kier molecular flexibility index (Phi) is 7.54. The fourth-order valence-electron chi connectivity index (χ4n) is 2.79. The van der Waals surface area contributed by atoms with Gasteiger partial charge in [-0.15, -0.1) is 0 Å². The predicted octanol–water partition coefficient (Wildman–Crippen LogP) is 3.52. The van der Waals surface area contributed by atoms with Gasteiger partial charge in [0.1, 0.15) is 18.4 Å². The summed E-state index contributed by atoms with van der Waals surface area (Å²) >= 11 is 0. The second kappa shape index (κ2) is 9.06. The highest BCUT2D eigenvalue weighted by Crippen LogP contribution is 2.52. The number of nitrogens with zero attached hydrogens (tertiary/aromatic N) is 1. The van der Waals surface area contributed by atoms with Gasteiger partial charge in [0.05, 0.1) is 6.61 Å². The highest BCUT2D eigenvalue weighted by molar-refractivity contribution is 7.57. The Bertz CT molecular complexity index is 934. The molecule has 1 N–H and O–H groups in total. The first-order chi connectivity index (χ1) is 13.7. The van der Waals surface area contributed by atoms with Gasteiger partial charge in [-0.2, -0.15) is 0 Å². The van der Waals surface area contributed by atoms with Gasteiger partial charge in [-0.3, -0.25) is 23.4 Å². The molecule has 0 saturated carbocycles. The van der Waals surface area contributed by atoms with E-state index < -0.39 is 45.6 Å². The van der Waals surface area contributed by atoms with Gasteiger partial charge in [-0.25, -0.2) is 4.79 Å². The average Bonchev–Trinajstić information content (AvgIpc) is 3.04. The Balaban J connectivity index is 2.31. The molecule has 0 radical (unpaired) electrons. The molecule has 0 aromatic carbocycles. The molecule has 1 aliphatic rings. The van der Waals surface area contributed by atoms with Crippen LogP contribution in [-0.2, 0) is 22.8 Å². The van der Waals surface area contributed by atoms with Crippen molar-refractivity contribution in [2.24, 2.45) is 0 Å². The second-order valence-corrected chi connectivity index (χ2v) is 15.8. The molecule has 1 aromatic heterocycles. The van der Waals surface area contributed by atoms with Crippen LogP contribution >= 0.6 is 7.60 Å². The molecule has 0 bridgehead atoms. The van der Waals surface area contributed by atoms with Gasteiger partial charge >= 0.3 is 13.3 Å². The summed E-state index contributed by atoms with van der Waals surface area (Å²) < 4.78 is 37.1. The topological polar surface area (TPSA) is 109 Å². The lowest BCUT2D eigenvalue weighted by atomic mass is 10.2. The Morgan fingerprint density at radius 2 is 2.03 bits per heavy atom. The zero-order valence-electron chi connectivity index (χ0n) is 18.8. The van der Waals surface area contributed by atoms with E-state index in [1.807, 2.05) is 0 Å². The summed E-state index contributed by atoms with van der Waals surface area (Å²) in [6, 6.07) is 0. The van der Waals surface area contributed by atoms with Crippen molar-refractivity contribution in [2.75, 3.05) is 13.7 Å². The Hall–Kier alpha value is -1.29. The highest BCUT2D eigenvalue weighted by Gasteiger charge is 2.44. The molecule has 1 saturated heterocycles. The number of nitrogens with one attached hydrogen (secondary N) is 1. The number of aromatic nitrogens is 2. The van der Waals surface area contributed by atoms with Crippen LogP contribution in [0.4, 0.5) is 0 Å². The molecule has 11 heteroatoms. The first-order valence-corrected chi connectivity index (χ1v) is 14.3. The van der Waals surface area contributed by atoms with Crippen molar-refractivity contribution in [1.82, 2.24) is 9.55 Å². The third kappa shape index (κ3) is 5.49. The number of H-pyrrole nitrogens is 1. The van der Waals surface area contributed by atoms with Gasteiger partial charge in [0, 0.05) is 31.1 Å². The molecule has 1 aliphatic heterocycles. The van der Waals surface area contributed by atoms with Crippen molar-refractivity contribution in [3.8, 4) is 0 Å². The summed E-state index contributed by atoms with van der Waals surface area (Å²) in [7, 11) is -4.31. The van der Waals surface area contributed by atoms with Crippen LogP contribution in [0.2, 0.25) is 18.1 Å². The molecular weight excluding hydrogens is 427 g/mol. The van der Waals surface area contributed by atoms with Crippen LogP contribution in [0.25, 0.3) is 0 Å². The summed E-state index contributed by atoms with van der Waals surface area (Å²) in [4.78, 5) is 26.3. The van der Waals surface area contributed by atoms with Crippen molar-refractivity contribution < 1.29 is 22.8 Å². The van der Waals surface area contributed by atoms with Gasteiger partial charge in [-0.1, -0.05) is 27.4 Å². The maximum absolute atomic E-state index is 12.7. The molecule has 0 amide bonds. The Morgan fingerprint density at radius 3 is 2.57 bits per heavy atom. The van der Waals surface area contributed by atoms with Crippen LogP contribution in [0.15, 0.2) is 28.2 Å². The zero-order valence-corrected chi connectivity index (χ0v) is 20.7. The predicted molar refractivity (Wildman–Crippen MR) is 117 cm³/mol. The summed E-state index contributed by atoms with van der Waals surface area (Å²) in [5, 5.41) is -0.00271. The summed E-state index contributed by atoms with van der Waals surface area (Å²) in [5.74, 6) is 1.14. The van der Waals surface area contributed by atoms with Crippen molar-refractivity contribution >= 4 is 15.9 Å².